The van der Waals surface area contributed by atoms with E-state index in [1.807, 2.05) is 24.3 Å². The molecule has 0 aromatic heterocycles. The topological polar surface area (TPSA) is 38.3 Å². The lowest BCUT2D eigenvalue weighted by Gasteiger charge is -2.04. The van der Waals surface area contributed by atoms with Gasteiger partial charge >= 0.3 is 0 Å². The van der Waals surface area contributed by atoms with E-state index in [2.05, 4.69) is 21.2 Å². The van der Waals surface area contributed by atoms with Gasteiger partial charge in [0.15, 0.2) is 0 Å². The second kappa shape index (κ2) is 6.45. The van der Waals surface area contributed by atoms with Crippen LogP contribution in [0.15, 0.2) is 24.3 Å². The normalized spacial score (nSPS) is 9.73. The highest BCUT2D eigenvalue weighted by molar-refractivity contribution is 9.09. The average molecular weight is 272 g/mol. The number of amides is 1. The van der Waals surface area contributed by atoms with Crippen LogP contribution in [-0.2, 0) is 11.2 Å². The van der Waals surface area contributed by atoms with Crippen LogP contribution in [0.5, 0.6) is 5.75 Å². The molecule has 0 heterocycles. The molecule has 4 heteroatoms. The summed E-state index contributed by atoms with van der Waals surface area (Å²) in [7, 11) is 1.64. The Labute approximate surface area is 97.9 Å². The van der Waals surface area contributed by atoms with E-state index >= 15 is 0 Å². The summed E-state index contributed by atoms with van der Waals surface area (Å²) in [5.74, 6) is 0.867. The molecule has 0 bridgehead atoms. The third-order valence-corrected chi connectivity index (χ3v) is 2.53. The van der Waals surface area contributed by atoms with E-state index < -0.39 is 0 Å². The van der Waals surface area contributed by atoms with E-state index in [-0.39, 0.29) is 5.91 Å². The molecule has 15 heavy (non-hydrogen) atoms. The lowest BCUT2D eigenvalue weighted by atomic mass is 10.1. The number of methoxy groups -OCH3 is 1. The van der Waals surface area contributed by atoms with Crippen molar-refractivity contribution in [2.45, 2.75) is 6.42 Å². The quantitative estimate of drug-likeness (QED) is 0.829. The molecule has 0 radical (unpaired) electrons. The minimum atomic E-state index is 0.0171. The summed E-state index contributed by atoms with van der Waals surface area (Å²) in [6, 6.07) is 7.83. The van der Waals surface area contributed by atoms with Gasteiger partial charge in [-0.2, -0.15) is 0 Å². The van der Waals surface area contributed by atoms with Gasteiger partial charge in [-0.25, -0.2) is 0 Å². The molecule has 1 aromatic rings. The van der Waals surface area contributed by atoms with E-state index in [1.165, 1.54) is 5.56 Å². The number of benzene rings is 1. The van der Waals surface area contributed by atoms with Crippen molar-refractivity contribution in [1.29, 1.82) is 0 Å². The molecule has 0 aliphatic heterocycles. The summed E-state index contributed by atoms with van der Waals surface area (Å²) in [5.41, 5.74) is 1.19. The molecule has 1 aromatic carbocycles. The highest BCUT2D eigenvalue weighted by Crippen LogP contribution is 2.11. The Kier molecular flexibility index (Phi) is 5.18. The second-order valence-corrected chi connectivity index (χ2v) is 3.64. The Bertz CT molecular complexity index is 311. The molecule has 0 spiro atoms. The van der Waals surface area contributed by atoms with E-state index in [0.29, 0.717) is 11.9 Å². The van der Waals surface area contributed by atoms with Crippen molar-refractivity contribution in [1.82, 2.24) is 5.32 Å². The number of halogens is 1. The number of carbonyl (C=O) groups is 1. The van der Waals surface area contributed by atoms with Crippen LogP contribution in [0, 0.1) is 0 Å². The highest BCUT2D eigenvalue weighted by Gasteiger charge is 1.98. The summed E-state index contributed by atoms with van der Waals surface area (Å²) in [5, 5.41) is 3.15. The molecule has 0 saturated carbocycles. The Balaban J connectivity index is 2.34. The molecule has 0 unspecified atom stereocenters. The van der Waals surface area contributed by atoms with Crippen LogP contribution in [0.4, 0.5) is 0 Å². The van der Waals surface area contributed by atoms with Crippen molar-refractivity contribution in [2.75, 3.05) is 19.0 Å². The van der Waals surface area contributed by atoms with Gasteiger partial charge in [-0.1, -0.05) is 28.1 Å². The summed E-state index contributed by atoms with van der Waals surface area (Å²) >= 11 is 3.09. The molecule has 0 saturated heterocycles. The second-order valence-electron chi connectivity index (χ2n) is 3.08. The van der Waals surface area contributed by atoms with Crippen LogP contribution in [0.1, 0.15) is 5.56 Å². The van der Waals surface area contributed by atoms with Crippen LogP contribution in [0.3, 0.4) is 0 Å². The Hall–Kier alpha value is -1.03. The van der Waals surface area contributed by atoms with Crippen molar-refractivity contribution in [2.24, 2.45) is 0 Å². The predicted octanol–water partition coefficient (Wildman–Crippen LogP) is 1.75. The van der Waals surface area contributed by atoms with Gasteiger partial charge in [-0.15, -0.1) is 0 Å². The zero-order valence-electron chi connectivity index (χ0n) is 8.63. The molecule has 1 amide bonds. The van der Waals surface area contributed by atoms with Gasteiger partial charge in [0.05, 0.1) is 12.4 Å². The van der Waals surface area contributed by atoms with Crippen molar-refractivity contribution in [3.63, 3.8) is 0 Å². The number of nitrogens with one attached hydrogen (secondary N) is 1. The summed E-state index contributed by atoms with van der Waals surface area (Å²) in [6.45, 7) is 0.663. The standard InChI is InChI=1S/C11H14BrNO2/c1-15-10-4-2-9(3-5-10)6-7-13-11(14)8-12/h2-5H,6-8H2,1H3,(H,13,14). The predicted molar refractivity (Wildman–Crippen MR) is 63.5 cm³/mol. The zero-order valence-corrected chi connectivity index (χ0v) is 10.2. The summed E-state index contributed by atoms with van der Waals surface area (Å²) in [6.07, 6.45) is 0.836. The lowest BCUT2D eigenvalue weighted by molar-refractivity contribution is -0.118. The molecule has 0 aliphatic carbocycles. The molecule has 82 valence electrons. The van der Waals surface area contributed by atoms with Crippen LogP contribution in [0.2, 0.25) is 0 Å². The number of hydrogen-bond donors (Lipinski definition) is 1. The van der Waals surface area contributed by atoms with E-state index in [0.717, 1.165) is 12.2 Å². The molecule has 0 atom stereocenters. The first-order valence-corrected chi connectivity index (χ1v) is 5.84. The summed E-state index contributed by atoms with van der Waals surface area (Å²) < 4.78 is 5.05. The maximum absolute atomic E-state index is 10.9. The van der Waals surface area contributed by atoms with Gasteiger partial charge in [-0.05, 0) is 24.1 Å². The van der Waals surface area contributed by atoms with Gasteiger partial charge < -0.3 is 10.1 Å². The van der Waals surface area contributed by atoms with Gasteiger partial charge in [0.25, 0.3) is 0 Å². The van der Waals surface area contributed by atoms with Crippen LogP contribution >= 0.6 is 15.9 Å². The van der Waals surface area contributed by atoms with Crippen molar-refractivity contribution >= 4 is 21.8 Å². The van der Waals surface area contributed by atoms with Crippen molar-refractivity contribution in [3.8, 4) is 5.75 Å². The van der Waals surface area contributed by atoms with Crippen molar-refractivity contribution in [3.05, 3.63) is 29.8 Å². The first-order chi connectivity index (χ1) is 7.26. The number of hydrogen-bond acceptors (Lipinski definition) is 2. The third kappa shape index (κ3) is 4.34. The first kappa shape index (κ1) is 12.0. The molecule has 0 aliphatic rings. The van der Waals surface area contributed by atoms with Crippen LogP contribution in [-0.4, -0.2) is 24.9 Å². The fraction of sp³-hybridized carbons (Fsp3) is 0.364. The van der Waals surface area contributed by atoms with E-state index in [4.69, 9.17) is 4.74 Å². The van der Waals surface area contributed by atoms with E-state index in [1.54, 1.807) is 7.11 Å². The molecule has 1 rings (SSSR count). The first-order valence-electron chi connectivity index (χ1n) is 4.72. The van der Waals surface area contributed by atoms with Gasteiger partial charge in [0.1, 0.15) is 5.75 Å². The monoisotopic (exact) mass is 271 g/mol. The van der Waals surface area contributed by atoms with Gasteiger partial charge in [0, 0.05) is 6.54 Å². The summed E-state index contributed by atoms with van der Waals surface area (Å²) in [4.78, 5) is 10.9. The number of ether oxygens (including phenoxy) is 1. The molecule has 1 N–H and O–H groups in total. The molecular formula is C11H14BrNO2. The smallest absolute Gasteiger partial charge is 0.230 e. The number of carbonyl (C=O) groups excluding carboxylic acids is 1. The van der Waals surface area contributed by atoms with Gasteiger partial charge in [0.2, 0.25) is 5.91 Å². The average Bonchev–Trinajstić information content (AvgIpc) is 2.29. The highest BCUT2D eigenvalue weighted by atomic mass is 79.9. The molecule has 0 fully saturated rings. The molecule has 3 nitrogen and oxygen atoms in total. The SMILES string of the molecule is COc1ccc(CCNC(=O)CBr)cc1. The Morgan fingerprint density at radius 1 is 1.40 bits per heavy atom. The third-order valence-electron chi connectivity index (χ3n) is 2.02. The van der Waals surface area contributed by atoms with Gasteiger partial charge in [-0.3, -0.25) is 4.79 Å². The fourth-order valence-corrected chi connectivity index (χ4v) is 1.38. The number of rotatable bonds is 5. The lowest BCUT2D eigenvalue weighted by Crippen LogP contribution is -2.26. The van der Waals surface area contributed by atoms with Crippen LogP contribution in [0.25, 0.3) is 0 Å². The molecular weight excluding hydrogens is 258 g/mol. The maximum atomic E-state index is 10.9. The van der Waals surface area contributed by atoms with Crippen LogP contribution < -0.4 is 10.1 Å². The Morgan fingerprint density at radius 2 is 2.07 bits per heavy atom. The fourth-order valence-electron chi connectivity index (χ4n) is 1.19. The van der Waals surface area contributed by atoms with Crippen molar-refractivity contribution < 1.29 is 9.53 Å². The minimum absolute atomic E-state index is 0.0171. The van der Waals surface area contributed by atoms with E-state index in [9.17, 15) is 4.79 Å². The maximum Gasteiger partial charge on any atom is 0.230 e. The Morgan fingerprint density at radius 3 is 2.60 bits per heavy atom. The number of alkyl halides is 1. The largest absolute Gasteiger partial charge is 0.497 e. The zero-order chi connectivity index (χ0) is 11.1. The minimum Gasteiger partial charge on any atom is -0.497 e.